The highest BCUT2D eigenvalue weighted by Crippen LogP contribution is 2.40. The van der Waals surface area contributed by atoms with E-state index in [1.165, 1.54) is 36.4 Å². The number of hydrogen-bond acceptors (Lipinski definition) is 4. The van der Waals surface area contributed by atoms with E-state index in [0.717, 1.165) is 24.8 Å². The van der Waals surface area contributed by atoms with E-state index >= 15 is 0 Å². The van der Waals surface area contributed by atoms with Crippen molar-refractivity contribution in [3.63, 3.8) is 0 Å². The number of nitrogens with one attached hydrogen (secondary N) is 1. The molecule has 1 fully saturated rings. The summed E-state index contributed by atoms with van der Waals surface area (Å²) < 4.78 is 18.9. The quantitative estimate of drug-likeness (QED) is 0.378. The topological polar surface area (TPSA) is 75.6 Å². The maximum Gasteiger partial charge on any atom is 0.321 e. The van der Waals surface area contributed by atoms with Gasteiger partial charge in [-0.1, -0.05) is 31.4 Å². The number of hydrogen-bond donors (Lipinski definition) is 2. The number of amides is 1. The molecule has 1 aliphatic rings. The van der Waals surface area contributed by atoms with Gasteiger partial charge in [-0.05, 0) is 54.8 Å². The van der Waals surface area contributed by atoms with Crippen molar-refractivity contribution in [1.82, 2.24) is 5.48 Å². The molecule has 0 aromatic heterocycles. The van der Waals surface area contributed by atoms with Crippen LogP contribution in [-0.4, -0.2) is 17.1 Å². The summed E-state index contributed by atoms with van der Waals surface area (Å²) in [7, 11) is 0. The molecule has 2 aromatic rings. The number of halogens is 1. The second-order valence-electron chi connectivity index (χ2n) is 6.50. The highest BCUT2D eigenvalue weighted by molar-refractivity contribution is 5.93. The van der Waals surface area contributed by atoms with Crippen molar-refractivity contribution in [2.45, 2.75) is 37.5 Å². The monoisotopic (exact) mass is 357 g/mol. The van der Waals surface area contributed by atoms with E-state index in [-0.39, 0.29) is 17.3 Å². The lowest BCUT2D eigenvalue weighted by atomic mass is 9.69. The second-order valence-corrected chi connectivity index (χ2v) is 6.50. The molecule has 0 radical (unpaired) electrons. The molecule has 0 spiro atoms. The van der Waals surface area contributed by atoms with E-state index in [9.17, 15) is 14.0 Å². The molecular formula is C20H20FNO4. The predicted molar refractivity (Wildman–Crippen MR) is 92.5 cm³/mol. The minimum absolute atomic E-state index is 0.248. The van der Waals surface area contributed by atoms with Crippen LogP contribution in [0.5, 0.6) is 5.75 Å². The second kappa shape index (κ2) is 7.66. The third kappa shape index (κ3) is 3.60. The summed E-state index contributed by atoms with van der Waals surface area (Å²) in [6.45, 7) is 0. The molecule has 0 atom stereocenters. The van der Waals surface area contributed by atoms with Crippen LogP contribution in [0.2, 0.25) is 0 Å². The number of carbonyl (C=O) groups is 2. The number of hydroxylamine groups is 1. The maximum absolute atomic E-state index is 13.3. The van der Waals surface area contributed by atoms with Gasteiger partial charge >= 0.3 is 5.97 Å². The zero-order valence-electron chi connectivity index (χ0n) is 14.2. The molecule has 2 aromatic carbocycles. The summed E-state index contributed by atoms with van der Waals surface area (Å²) in [5, 5.41) is 8.64. The van der Waals surface area contributed by atoms with E-state index in [1.54, 1.807) is 17.6 Å². The highest BCUT2D eigenvalue weighted by atomic mass is 19.1. The number of esters is 1. The lowest BCUT2D eigenvalue weighted by Crippen LogP contribution is -2.41. The average Bonchev–Trinajstić information content (AvgIpc) is 2.69. The first-order valence-electron chi connectivity index (χ1n) is 8.58. The molecule has 2 N–H and O–H groups in total. The Morgan fingerprint density at radius 3 is 2.15 bits per heavy atom. The summed E-state index contributed by atoms with van der Waals surface area (Å²) in [5.41, 5.74) is 1.78. The van der Waals surface area contributed by atoms with Gasteiger partial charge in [-0.25, -0.2) is 9.87 Å². The van der Waals surface area contributed by atoms with Crippen LogP contribution >= 0.6 is 0 Å². The van der Waals surface area contributed by atoms with Gasteiger partial charge in [0.1, 0.15) is 11.6 Å². The van der Waals surface area contributed by atoms with E-state index in [2.05, 4.69) is 0 Å². The van der Waals surface area contributed by atoms with Gasteiger partial charge in [-0.15, -0.1) is 0 Å². The minimum atomic E-state index is -0.785. The van der Waals surface area contributed by atoms with Crippen LogP contribution in [0.3, 0.4) is 0 Å². The van der Waals surface area contributed by atoms with Crippen molar-refractivity contribution in [3.8, 4) is 5.75 Å². The van der Waals surface area contributed by atoms with Crippen molar-refractivity contribution < 1.29 is 23.9 Å². The Morgan fingerprint density at radius 1 is 0.962 bits per heavy atom. The largest absolute Gasteiger partial charge is 0.426 e. The zero-order valence-corrected chi connectivity index (χ0v) is 14.2. The summed E-state index contributed by atoms with van der Waals surface area (Å²) in [6.07, 6.45) is 4.18. The van der Waals surface area contributed by atoms with Gasteiger partial charge in [0.2, 0.25) is 0 Å². The van der Waals surface area contributed by atoms with E-state index in [1.807, 2.05) is 0 Å². The first-order valence-corrected chi connectivity index (χ1v) is 8.58. The van der Waals surface area contributed by atoms with Gasteiger partial charge in [0.15, 0.2) is 0 Å². The Kier molecular flexibility index (Phi) is 5.32. The summed E-state index contributed by atoms with van der Waals surface area (Å²) in [4.78, 5) is 24.4. The predicted octanol–water partition coefficient (Wildman–Crippen LogP) is 3.75. The Hall–Kier alpha value is -2.73. The molecule has 0 heterocycles. The van der Waals surface area contributed by atoms with E-state index in [4.69, 9.17) is 9.94 Å². The van der Waals surface area contributed by atoms with Crippen LogP contribution in [0.4, 0.5) is 4.39 Å². The number of carbonyl (C=O) groups excluding carboxylic acids is 2. The first-order chi connectivity index (χ1) is 12.5. The Balaban J connectivity index is 1.84. The third-order valence-electron chi connectivity index (χ3n) is 4.92. The highest BCUT2D eigenvalue weighted by Gasteiger charge is 2.42. The van der Waals surface area contributed by atoms with Gasteiger partial charge in [-0.2, -0.15) is 0 Å². The zero-order chi connectivity index (χ0) is 18.6. The van der Waals surface area contributed by atoms with Crippen molar-refractivity contribution in [2.75, 3.05) is 0 Å². The SMILES string of the molecule is O=C(NO)c1ccc(OC(=O)C2(c3ccc(F)cc3)CCCCC2)cc1. The fourth-order valence-corrected chi connectivity index (χ4v) is 3.48. The maximum atomic E-state index is 13.3. The van der Waals surface area contributed by atoms with Gasteiger partial charge in [-0.3, -0.25) is 14.8 Å². The van der Waals surface area contributed by atoms with Crippen molar-refractivity contribution in [3.05, 3.63) is 65.5 Å². The molecule has 0 unspecified atom stereocenters. The molecule has 136 valence electrons. The van der Waals surface area contributed by atoms with Gasteiger partial charge in [0.25, 0.3) is 5.91 Å². The van der Waals surface area contributed by atoms with Crippen molar-refractivity contribution in [1.29, 1.82) is 0 Å². The fourth-order valence-electron chi connectivity index (χ4n) is 3.48. The van der Waals surface area contributed by atoms with Crippen LogP contribution in [-0.2, 0) is 10.2 Å². The molecule has 5 nitrogen and oxygen atoms in total. The smallest absolute Gasteiger partial charge is 0.321 e. The van der Waals surface area contributed by atoms with Crippen molar-refractivity contribution >= 4 is 11.9 Å². The molecule has 0 bridgehead atoms. The van der Waals surface area contributed by atoms with Gasteiger partial charge in [0, 0.05) is 5.56 Å². The molecule has 1 saturated carbocycles. The summed E-state index contributed by atoms with van der Waals surface area (Å²) in [5.74, 6) is -1.04. The van der Waals surface area contributed by atoms with Gasteiger partial charge < -0.3 is 4.74 Å². The summed E-state index contributed by atoms with van der Waals surface area (Å²) in [6, 6.07) is 11.9. The van der Waals surface area contributed by atoms with E-state index in [0.29, 0.717) is 18.6 Å². The molecule has 1 amide bonds. The third-order valence-corrected chi connectivity index (χ3v) is 4.92. The van der Waals surface area contributed by atoms with Crippen LogP contribution < -0.4 is 10.2 Å². The van der Waals surface area contributed by atoms with Crippen LogP contribution in [0.15, 0.2) is 48.5 Å². The molecule has 26 heavy (non-hydrogen) atoms. The van der Waals surface area contributed by atoms with Crippen LogP contribution in [0.1, 0.15) is 48.0 Å². The molecule has 0 aliphatic heterocycles. The van der Waals surface area contributed by atoms with E-state index < -0.39 is 11.3 Å². The normalized spacial score (nSPS) is 15.9. The Bertz CT molecular complexity index is 780. The Morgan fingerprint density at radius 2 is 1.58 bits per heavy atom. The fraction of sp³-hybridized carbons (Fsp3) is 0.300. The number of ether oxygens (including phenoxy) is 1. The number of rotatable bonds is 4. The average molecular weight is 357 g/mol. The molecule has 6 heteroatoms. The lowest BCUT2D eigenvalue weighted by molar-refractivity contribution is -0.142. The Labute approximate surface area is 150 Å². The first kappa shape index (κ1) is 18.1. The molecule has 1 aliphatic carbocycles. The molecular weight excluding hydrogens is 337 g/mol. The molecule has 3 rings (SSSR count). The molecule has 0 saturated heterocycles. The van der Waals surface area contributed by atoms with Gasteiger partial charge in [0.05, 0.1) is 5.41 Å². The van der Waals surface area contributed by atoms with Crippen molar-refractivity contribution in [2.24, 2.45) is 0 Å². The summed E-state index contributed by atoms with van der Waals surface area (Å²) >= 11 is 0. The lowest BCUT2D eigenvalue weighted by Gasteiger charge is -2.35. The standard InChI is InChI=1S/C20H20FNO4/c21-16-8-6-15(7-9-16)20(12-2-1-3-13-20)19(24)26-17-10-4-14(5-11-17)18(23)22-25/h4-11,25H,1-3,12-13H2,(H,22,23). The van der Waals surface area contributed by atoms with Crippen LogP contribution in [0, 0.1) is 5.82 Å². The number of benzene rings is 2. The van der Waals surface area contributed by atoms with Crippen LogP contribution in [0.25, 0.3) is 0 Å². The minimum Gasteiger partial charge on any atom is -0.426 e.